The third-order valence-corrected chi connectivity index (χ3v) is 1.99. The van der Waals surface area contributed by atoms with Gasteiger partial charge < -0.3 is 10.5 Å². The Balaban J connectivity index is 2.83. The van der Waals surface area contributed by atoms with Crippen molar-refractivity contribution in [1.82, 2.24) is 0 Å². The molecule has 0 atom stereocenters. The van der Waals surface area contributed by atoms with Gasteiger partial charge >= 0.3 is 5.97 Å². The van der Waals surface area contributed by atoms with E-state index in [1.165, 1.54) is 7.11 Å². The summed E-state index contributed by atoms with van der Waals surface area (Å²) in [6.45, 7) is 0. The van der Waals surface area contributed by atoms with Crippen LogP contribution < -0.4 is 5.73 Å². The molecule has 0 saturated carbocycles. The van der Waals surface area contributed by atoms with Crippen molar-refractivity contribution in [2.45, 2.75) is 6.42 Å². The SMILES string of the molecule is COC(=O)Cc1ccc(N)cc1Cl. The van der Waals surface area contributed by atoms with Crippen LogP contribution in [0.1, 0.15) is 5.56 Å². The van der Waals surface area contributed by atoms with Crippen LogP contribution in [0.5, 0.6) is 0 Å². The van der Waals surface area contributed by atoms with Crippen molar-refractivity contribution in [2.75, 3.05) is 12.8 Å². The molecule has 70 valence electrons. The minimum atomic E-state index is -0.313. The highest BCUT2D eigenvalue weighted by Gasteiger charge is 2.06. The maximum atomic E-state index is 10.9. The van der Waals surface area contributed by atoms with Crippen molar-refractivity contribution in [2.24, 2.45) is 0 Å². The number of carbonyl (C=O) groups excluding carboxylic acids is 1. The maximum Gasteiger partial charge on any atom is 0.310 e. The molecule has 0 amide bonds. The molecule has 0 aliphatic heterocycles. The number of methoxy groups -OCH3 is 1. The molecule has 3 nitrogen and oxygen atoms in total. The number of nitrogen functional groups attached to an aromatic ring is 1. The van der Waals surface area contributed by atoms with Gasteiger partial charge in [0.05, 0.1) is 13.5 Å². The van der Waals surface area contributed by atoms with Gasteiger partial charge in [0.15, 0.2) is 0 Å². The number of benzene rings is 1. The molecule has 0 heterocycles. The van der Waals surface area contributed by atoms with Gasteiger partial charge in [-0.3, -0.25) is 4.79 Å². The molecule has 0 radical (unpaired) electrons. The molecular weight excluding hydrogens is 190 g/mol. The summed E-state index contributed by atoms with van der Waals surface area (Å²) in [7, 11) is 1.34. The van der Waals surface area contributed by atoms with Crippen LogP contribution in [0, 0.1) is 0 Å². The van der Waals surface area contributed by atoms with E-state index < -0.39 is 0 Å². The molecule has 1 aromatic carbocycles. The lowest BCUT2D eigenvalue weighted by Crippen LogP contribution is -2.05. The molecule has 0 bridgehead atoms. The van der Waals surface area contributed by atoms with Crippen LogP contribution in [-0.4, -0.2) is 13.1 Å². The number of esters is 1. The van der Waals surface area contributed by atoms with E-state index in [0.717, 1.165) is 5.56 Å². The Morgan fingerprint density at radius 3 is 2.85 bits per heavy atom. The van der Waals surface area contributed by atoms with E-state index in [2.05, 4.69) is 4.74 Å². The first-order valence-corrected chi connectivity index (χ1v) is 4.12. The monoisotopic (exact) mass is 199 g/mol. The van der Waals surface area contributed by atoms with Gasteiger partial charge in [0, 0.05) is 10.7 Å². The Hall–Kier alpha value is -1.22. The summed E-state index contributed by atoms with van der Waals surface area (Å²) in [6.07, 6.45) is 0.176. The van der Waals surface area contributed by atoms with E-state index in [1.807, 2.05) is 0 Å². The second kappa shape index (κ2) is 4.14. The van der Waals surface area contributed by atoms with Crippen LogP contribution in [0.3, 0.4) is 0 Å². The van der Waals surface area contributed by atoms with Crippen molar-refractivity contribution < 1.29 is 9.53 Å². The zero-order chi connectivity index (χ0) is 9.84. The van der Waals surface area contributed by atoms with Gasteiger partial charge in [0.25, 0.3) is 0 Å². The molecule has 0 fully saturated rings. The summed E-state index contributed by atoms with van der Waals surface area (Å²) in [6, 6.07) is 5.03. The maximum absolute atomic E-state index is 10.9. The number of carbonyl (C=O) groups is 1. The molecule has 0 aromatic heterocycles. The quantitative estimate of drug-likeness (QED) is 0.582. The van der Waals surface area contributed by atoms with E-state index in [9.17, 15) is 4.79 Å². The lowest BCUT2D eigenvalue weighted by atomic mass is 10.1. The molecule has 1 rings (SSSR count). The minimum Gasteiger partial charge on any atom is -0.469 e. The van der Waals surface area contributed by atoms with Crippen molar-refractivity contribution >= 4 is 23.3 Å². The van der Waals surface area contributed by atoms with Crippen molar-refractivity contribution in [3.05, 3.63) is 28.8 Å². The Morgan fingerprint density at radius 1 is 1.62 bits per heavy atom. The highest BCUT2D eigenvalue weighted by molar-refractivity contribution is 6.31. The molecule has 2 N–H and O–H groups in total. The first kappa shape index (κ1) is 9.86. The zero-order valence-corrected chi connectivity index (χ0v) is 7.97. The van der Waals surface area contributed by atoms with Crippen LogP contribution >= 0.6 is 11.6 Å². The number of hydrogen-bond donors (Lipinski definition) is 1. The highest BCUT2D eigenvalue weighted by Crippen LogP contribution is 2.19. The lowest BCUT2D eigenvalue weighted by Gasteiger charge is -2.03. The molecule has 0 spiro atoms. The molecule has 0 saturated heterocycles. The smallest absolute Gasteiger partial charge is 0.310 e. The van der Waals surface area contributed by atoms with Crippen LogP contribution in [0.15, 0.2) is 18.2 Å². The number of hydrogen-bond acceptors (Lipinski definition) is 3. The van der Waals surface area contributed by atoms with Crippen molar-refractivity contribution in [1.29, 1.82) is 0 Å². The van der Waals surface area contributed by atoms with Crippen LogP contribution in [0.25, 0.3) is 0 Å². The second-order valence-corrected chi connectivity index (χ2v) is 3.01. The predicted molar refractivity (Wildman–Crippen MR) is 51.6 cm³/mol. The Labute approximate surface area is 81.4 Å². The molecule has 0 unspecified atom stereocenters. The molecule has 4 heteroatoms. The normalized spacial score (nSPS) is 9.69. The van der Waals surface area contributed by atoms with Gasteiger partial charge in [0.2, 0.25) is 0 Å². The van der Waals surface area contributed by atoms with E-state index in [0.29, 0.717) is 10.7 Å². The Morgan fingerprint density at radius 2 is 2.31 bits per heavy atom. The molecule has 0 aliphatic rings. The molecular formula is C9H10ClNO2. The summed E-state index contributed by atoms with van der Waals surface area (Å²) in [5.74, 6) is -0.313. The minimum absolute atomic E-state index is 0.176. The third-order valence-electron chi connectivity index (χ3n) is 1.64. The average molecular weight is 200 g/mol. The number of rotatable bonds is 2. The fraction of sp³-hybridized carbons (Fsp3) is 0.222. The Bertz CT molecular complexity index is 325. The molecule has 0 aliphatic carbocycles. The fourth-order valence-corrected chi connectivity index (χ4v) is 1.19. The second-order valence-electron chi connectivity index (χ2n) is 2.60. The van der Waals surface area contributed by atoms with E-state index >= 15 is 0 Å². The molecule has 13 heavy (non-hydrogen) atoms. The first-order chi connectivity index (χ1) is 6.13. The summed E-state index contributed by atoms with van der Waals surface area (Å²) in [4.78, 5) is 10.9. The van der Waals surface area contributed by atoms with Crippen molar-refractivity contribution in [3.63, 3.8) is 0 Å². The average Bonchev–Trinajstić information content (AvgIpc) is 2.09. The van der Waals surface area contributed by atoms with Gasteiger partial charge in [-0.25, -0.2) is 0 Å². The number of halogens is 1. The highest BCUT2D eigenvalue weighted by atomic mass is 35.5. The summed E-state index contributed by atoms with van der Waals surface area (Å²) in [5, 5.41) is 0.491. The standard InChI is InChI=1S/C9H10ClNO2/c1-13-9(12)4-6-2-3-7(11)5-8(6)10/h2-3,5H,4,11H2,1H3. The van der Waals surface area contributed by atoms with E-state index in [1.54, 1.807) is 18.2 Å². The summed E-state index contributed by atoms with van der Waals surface area (Å²) >= 11 is 5.84. The summed E-state index contributed by atoms with van der Waals surface area (Å²) < 4.78 is 4.51. The van der Waals surface area contributed by atoms with Gasteiger partial charge in [-0.15, -0.1) is 0 Å². The van der Waals surface area contributed by atoms with Crippen molar-refractivity contribution in [3.8, 4) is 0 Å². The van der Waals surface area contributed by atoms with Crippen LogP contribution in [-0.2, 0) is 16.0 Å². The van der Waals surface area contributed by atoms with Crippen LogP contribution in [0.4, 0.5) is 5.69 Å². The number of anilines is 1. The summed E-state index contributed by atoms with van der Waals surface area (Å²) in [5.41, 5.74) is 6.80. The van der Waals surface area contributed by atoms with Gasteiger partial charge in [-0.1, -0.05) is 17.7 Å². The third kappa shape index (κ3) is 2.63. The van der Waals surface area contributed by atoms with Crippen LogP contribution in [0.2, 0.25) is 5.02 Å². The number of ether oxygens (including phenoxy) is 1. The predicted octanol–water partition coefficient (Wildman–Crippen LogP) is 1.64. The lowest BCUT2D eigenvalue weighted by molar-refractivity contribution is -0.139. The van der Waals surface area contributed by atoms with Gasteiger partial charge in [0.1, 0.15) is 0 Å². The first-order valence-electron chi connectivity index (χ1n) is 3.74. The van der Waals surface area contributed by atoms with E-state index in [4.69, 9.17) is 17.3 Å². The largest absolute Gasteiger partial charge is 0.469 e. The molecule has 1 aromatic rings. The van der Waals surface area contributed by atoms with E-state index in [-0.39, 0.29) is 12.4 Å². The zero-order valence-electron chi connectivity index (χ0n) is 7.21. The fourth-order valence-electron chi connectivity index (χ4n) is 0.935. The number of nitrogens with two attached hydrogens (primary N) is 1. The van der Waals surface area contributed by atoms with Gasteiger partial charge in [-0.2, -0.15) is 0 Å². The Kier molecular flexibility index (Phi) is 3.14. The topological polar surface area (TPSA) is 52.3 Å². The van der Waals surface area contributed by atoms with Gasteiger partial charge in [-0.05, 0) is 17.7 Å².